The molecular formula is C22H24N2O2. The normalized spacial score (nSPS) is 15.4. The molecule has 3 aromatic rings. The molecule has 1 amide bonds. The molecular weight excluding hydrogens is 324 g/mol. The number of carbonyl (C=O) groups excluding carboxylic acids is 1. The molecule has 1 saturated heterocycles. The smallest absolute Gasteiger partial charge is 0.253 e. The molecule has 4 heteroatoms. The number of carbonyl (C=O) groups is 1. The summed E-state index contributed by atoms with van der Waals surface area (Å²) in [5, 5.41) is 1.29. The van der Waals surface area contributed by atoms with E-state index in [0.29, 0.717) is 5.92 Å². The van der Waals surface area contributed by atoms with Crippen LogP contribution in [0.15, 0.2) is 54.6 Å². The van der Waals surface area contributed by atoms with Gasteiger partial charge in [0.25, 0.3) is 5.91 Å². The van der Waals surface area contributed by atoms with E-state index >= 15 is 0 Å². The van der Waals surface area contributed by atoms with Crippen molar-refractivity contribution >= 4 is 16.8 Å². The molecule has 0 radical (unpaired) electrons. The number of piperidine rings is 1. The van der Waals surface area contributed by atoms with Crippen molar-refractivity contribution in [3.63, 3.8) is 0 Å². The summed E-state index contributed by atoms with van der Waals surface area (Å²) in [5.74, 6) is 1.39. The van der Waals surface area contributed by atoms with E-state index in [1.165, 1.54) is 16.6 Å². The van der Waals surface area contributed by atoms with Crippen LogP contribution in [-0.2, 0) is 7.05 Å². The average molecular weight is 348 g/mol. The average Bonchev–Trinajstić information content (AvgIpc) is 3.04. The molecule has 0 unspecified atom stereocenters. The van der Waals surface area contributed by atoms with Crippen LogP contribution in [-0.4, -0.2) is 35.6 Å². The minimum absolute atomic E-state index is 0.114. The lowest BCUT2D eigenvalue weighted by atomic mass is 9.93. The van der Waals surface area contributed by atoms with E-state index in [2.05, 4.69) is 41.9 Å². The summed E-state index contributed by atoms with van der Waals surface area (Å²) in [6.07, 6.45) is 2.01. The number of rotatable bonds is 3. The van der Waals surface area contributed by atoms with Gasteiger partial charge in [-0.15, -0.1) is 0 Å². The first-order chi connectivity index (χ1) is 12.7. The number of para-hydroxylation sites is 1. The van der Waals surface area contributed by atoms with Gasteiger partial charge in [-0.05, 0) is 54.6 Å². The summed E-state index contributed by atoms with van der Waals surface area (Å²) in [4.78, 5) is 14.7. The lowest BCUT2D eigenvalue weighted by molar-refractivity contribution is 0.0711. The van der Waals surface area contributed by atoms with E-state index < -0.39 is 0 Å². The van der Waals surface area contributed by atoms with Crippen LogP contribution in [0.5, 0.6) is 5.75 Å². The number of likely N-dealkylation sites (tertiary alicyclic amines) is 1. The lowest BCUT2D eigenvalue weighted by Gasteiger charge is -2.32. The molecule has 1 aliphatic rings. The standard InChI is InChI=1S/C22H24N2O2/c1-23-20-6-4-3-5-18(20)15-21(23)16-11-13-24(14-12-16)22(25)17-7-9-19(26-2)10-8-17/h3-10,15-16H,11-14H2,1-2H3. The van der Waals surface area contributed by atoms with Crippen LogP contribution in [0.3, 0.4) is 0 Å². The molecule has 4 rings (SSSR count). The summed E-state index contributed by atoms with van der Waals surface area (Å²) in [6.45, 7) is 1.61. The van der Waals surface area contributed by atoms with E-state index in [1.807, 2.05) is 29.2 Å². The fourth-order valence-corrected chi connectivity index (χ4v) is 4.00. The molecule has 2 heterocycles. The quantitative estimate of drug-likeness (QED) is 0.711. The summed E-state index contributed by atoms with van der Waals surface area (Å²) in [5.41, 5.74) is 3.39. The van der Waals surface area contributed by atoms with Gasteiger partial charge in [0.2, 0.25) is 0 Å². The van der Waals surface area contributed by atoms with E-state index in [9.17, 15) is 4.79 Å². The van der Waals surface area contributed by atoms with Gasteiger partial charge in [-0.1, -0.05) is 18.2 Å². The zero-order chi connectivity index (χ0) is 18.1. The van der Waals surface area contributed by atoms with Crippen molar-refractivity contribution in [1.82, 2.24) is 9.47 Å². The third kappa shape index (κ3) is 2.96. The molecule has 134 valence electrons. The molecule has 4 nitrogen and oxygen atoms in total. The van der Waals surface area contributed by atoms with Crippen LogP contribution in [0.4, 0.5) is 0 Å². The molecule has 2 aromatic carbocycles. The van der Waals surface area contributed by atoms with Gasteiger partial charge in [0.15, 0.2) is 0 Å². The topological polar surface area (TPSA) is 34.5 Å². The molecule has 26 heavy (non-hydrogen) atoms. The highest BCUT2D eigenvalue weighted by Crippen LogP contribution is 2.32. The van der Waals surface area contributed by atoms with E-state index in [4.69, 9.17) is 4.74 Å². The fourth-order valence-electron chi connectivity index (χ4n) is 4.00. The van der Waals surface area contributed by atoms with Crippen molar-refractivity contribution in [3.8, 4) is 5.75 Å². The molecule has 1 fully saturated rings. The number of aryl methyl sites for hydroxylation is 1. The largest absolute Gasteiger partial charge is 0.497 e. The third-order valence-electron chi connectivity index (χ3n) is 5.53. The minimum atomic E-state index is 0.114. The van der Waals surface area contributed by atoms with Crippen LogP contribution in [0.2, 0.25) is 0 Å². The van der Waals surface area contributed by atoms with Crippen molar-refractivity contribution in [2.75, 3.05) is 20.2 Å². The predicted molar refractivity (Wildman–Crippen MR) is 104 cm³/mol. The van der Waals surface area contributed by atoms with Gasteiger partial charge in [-0.3, -0.25) is 4.79 Å². The minimum Gasteiger partial charge on any atom is -0.497 e. The zero-order valence-corrected chi connectivity index (χ0v) is 15.3. The number of fused-ring (bicyclic) bond motifs is 1. The second-order valence-electron chi connectivity index (χ2n) is 6.98. The highest BCUT2D eigenvalue weighted by molar-refractivity contribution is 5.94. The van der Waals surface area contributed by atoms with Crippen LogP contribution < -0.4 is 4.74 Å². The van der Waals surface area contributed by atoms with Crippen LogP contribution in [0.1, 0.15) is 34.8 Å². The van der Waals surface area contributed by atoms with Gasteiger partial charge >= 0.3 is 0 Å². The van der Waals surface area contributed by atoms with Gasteiger partial charge in [-0.25, -0.2) is 0 Å². The monoisotopic (exact) mass is 348 g/mol. The van der Waals surface area contributed by atoms with Crippen LogP contribution in [0, 0.1) is 0 Å². The molecule has 0 saturated carbocycles. The number of hydrogen-bond donors (Lipinski definition) is 0. The molecule has 0 atom stereocenters. The molecule has 1 aliphatic heterocycles. The molecule has 1 aromatic heterocycles. The Morgan fingerprint density at radius 2 is 1.73 bits per heavy atom. The lowest BCUT2D eigenvalue weighted by Crippen LogP contribution is -2.38. The van der Waals surface area contributed by atoms with Gasteiger partial charge in [0.05, 0.1) is 7.11 Å². The summed E-state index contributed by atoms with van der Waals surface area (Å²) >= 11 is 0. The summed E-state index contributed by atoms with van der Waals surface area (Å²) in [6, 6.07) is 18.2. The highest BCUT2D eigenvalue weighted by atomic mass is 16.5. The van der Waals surface area contributed by atoms with E-state index in [1.54, 1.807) is 7.11 Å². The Morgan fingerprint density at radius 3 is 2.38 bits per heavy atom. The Balaban J connectivity index is 1.46. The number of amides is 1. The van der Waals surface area contributed by atoms with Gasteiger partial charge in [0.1, 0.15) is 5.75 Å². The van der Waals surface area contributed by atoms with E-state index in [-0.39, 0.29) is 5.91 Å². The van der Waals surface area contributed by atoms with Crippen LogP contribution >= 0.6 is 0 Å². The van der Waals surface area contributed by atoms with Crippen LogP contribution in [0.25, 0.3) is 10.9 Å². The Bertz CT molecular complexity index is 919. The van der Waals surface area contributed by atoms with Gasteiger partial charge < -0.3 is 14.2 Å². The maximum atomic E-state index is 12.7. The van der Waals surface area contributed by atoms with Crippen molar-refractivity contribution < 1.29 is 9.53 Å². The van der Waals surface area contributed by atoms with Crippen molar-refractivity contribution in [3.05, 3.63) is 65.9 Å². The third-order valence-corrected chi connectivity index (χ3v) is 5.53. The number of benzene rings is 2. The van der Waals surface area contributed by atoms with Crippen molar-refractivity contribution in [2.45, 2.75) is 18.8 Å². The first-order valence-corrected chi connectivity index (χ1v) is 9.15. The molecule has 0 aliphatic carbocycles. The van der Waals surface area contributed by atoms with E-state index in [0.717, 1.165) is 37.2 Å². The maximum Gasteiger partial charge on any atom is 0.253 e. The van der Waals surface area contributed by atoms with Crippen molar-refractivity contribution in [1.29, 1.82) is 0 Å². The number of aromatic nitrogens is 1. The number of hydrogen-bond acceptors (Lipinski definition) is 2. The second kappa shape index (κ2) is 6.87. The van der Waals surface area contributed by atoms with Crippen molar-refractivity contribution in [2.24, 2.45) is 7.05 Å². The van der Waals surface area contributed by atoms with Gasteiger partial charge in [-0.2, -0.15) is 0 Å². The second-order valence-corrected chi connectivity index (χ2v) is 6.98. The number of methoxy groups -OCH3 is 1. The summed E-state index contributed by atoms with van der Waals surface area (Å²) in [7, 11) is 3.78. The molecule has 0 spiro atoms. The Hall–Kier alpha value is -2.75. The molecule has 0 N–H and O–H groups in total. The van der Waals surface area contributed by atoms with Gasteiger partial charge in [0, 0.05) is 42.8 Å². The predicted octanol–water partition coefficient (Wildman–Crippen LogP) is 4.21. The molecule has 0 bridgehead atoms. The highest BCUT2D eigenvalue weighted by Gasteiger charge is 2.26. The first-order valence-electron chi connectivity index (χ1n) is 9.15. The Labute approximate surface area is 154 Å². The zero-order valence-electron chi connectivity index (χ0n) is 15.3. The maximum absolute atomic E-state index is 12.7. The fraction of sp³-hybridized carbons (Fsp3) is 0.318. The first kappa shape index (κ1) is 16.7. The summed E-state index contributed by atoms with van der Waals surface area (Å²) < 4.78 is 7.47. The Morgan fingerprint density at radius 1 is 1.04 bits per heavy atom. The SMILES string of the molecule is COc1ccc(C(=O)N2CCC(c3cc4ccccc4n3C)CC2)cc1. The Kier molecular flexibility index (Phi) is 4.41. The number of nitrogens with zero attached hydrogens (tertiary/aromatic N) is 2. The number of ether oxygens (including phenoxy) is 1.